The molecule has 1 saturated heterocycles. The lowest BCUT2D eigenvalue weighted by Gasteiger charge is -2.32. The Balaban J connectivity index is 1.34. The molecular weight excluding hydrogens is 578 g/mol. The third-order valence-electron chi connectivity index (χ3n) is 8.07. The van der Waals surface area contributed by atoms with Crippen molar-refractivity contribution < 1.29 is 27.5 Å². The molecule has 10 heteroatoms. The molecule has 1 aliphatic heterocycles. The molecule has 0 radical (unpaired) electrons. The summed E-state index contributed by atoms with van der Waals surface area (Å²) in [7, 11) is -1.95. The van der Waals surface area contributed by atoms with Crippen LogP contribution in [0, 0.1) is 0 Å². The lowest BCUT2D eigenvalue weighted by molar-refractivity contribution is -0.141. The van der Waals surface area contributed by atoms with E-state index in [2.05, 4.69) is 10.0 Å². The summed E-state index contributed by atoms with van der Waals surface area (Å²) in [5.41, 5.74) is 2.67. The molecular formula is C34H41N3O6S. The van der Waals surface area contributed by atoms with E-state index in [9.17, 15) is 18.0 Å². The Bertz CT molecular complexity index is 1490. The molecule has 0 aromatic heterocycles. The molecule has 1 heterocycles. The van der Waals surface area contributed by atoms with Crippen LogP contribution in [0.15, 0.2) is 83.8 Å². The number of carbonyl (C=O) groups is 2. The smallest absolute Gasteiger partial charge is 0.243 e. The van der Waals surface area contributed by atoms with Gasteiger partial charge < -0.3 is 19.7 Å². The van der Waals surface area contributed by atoms with Crippen LogP contribution in [0.4, 0.5) is 0 Å². The molecule has 5 rings (SSSR count). The van der Waals surface area contributed by atoms with Gasteiger partial charge in [-0.1, -0.05) is 54.6 Å². The number of hydrogen-bond donors (Lipinski definition) is 2. The van der Waals surface area contributed by atoms with E-state index in [4.69, 9.17) is 9.47 Å². The van der Waals surface area contributed by atoms with Gasteiger partial charge in [-0.3, -0.25) is 9.59 Å². The Labute approximate surface area is 260 Å². The van der Waals surface area contributed by atoms with Crippen molar-refractivity contribution in [3.8, 4) is 5.75 Å². The standard InChI is InChI=1S/C34H41N3O6S/c1-42-29-16-9-27(10-17-29)24-37(32(22-26-6-3-2-4-7-26)34(39)35-23-30-8-5-21-43-30)33(38)20-13-25-11-18-31(19-12-25)44(40,41)36-28-14-15-28/h2-4,6-7,9-12,16-19,28,30,32,36H,5,8,13-15,20-24H2,1H3,(H,35,39)/t30-,32+/m0/s1. The number of nitrogens with zero attached hydrogens (tertiary/aromatic N) is 1. The zero-order chi connectivity index (χ0) is 30.9. The molecule has 3 aromatic carbocycles. The predicted octanol–water partition coefficient (Wildman–Crippen LogP) is 4.00. The second-order valence-electron chi connectivity index (χ2n) is 11.5. The minimum Gasteiger partial charge on any atom is -0.497 e. The topological polar surface area (TPSA) is 114 Å². The number of nitrogens with one attached hydrogen (secondary N) is 2. The molecule has 2 aliphatic rings. The number of sulfonamides is 1. The lowest BCUT2D eigenvalue weighted by atomic mass is 10.0. The number of amides is 2. The first-order valence-corrected chi connectivity index (χ1v) is 16.8. The Hall–Kier alpha value is -3.73. The van der Waals surface area contributed by atoms with Gasteiger partial charge in [-0.25, -0.2) is 13.1 Å². The second kappa shape index (κ2) is 14.8. The fourth-order valence-corrected chi connectivity index (χ4v) is 6.64. The maximum Gasteiger partial charge on any atom is 0.243 e. The Morgan fingerprint density at radius 2 is 1.64 bits per heavy atom. The van der Waals surface area contributed by atoms with E-state index in [0.29, 0.717) is 31.7 Å². The average molecular weight is 620 g/mol. The summed E-state index contributed by atoms with van der Waals surface area (Å²) in [4.78, 5) is 29.6. The summed E-state index contributed by atoms with van der Waals surface area (Å²) >= 11 is 0. The molecule has 2 atom stereocenters. The number of ether oxygens (including phenoxy) is 2. The first kappa shape index (κ1) is 31.7. The fraction of sp³-hybridized carbons (Fsp3) is 0.412. The second-order valence-corrected chi connectivity index (χ2v) is 13.2. The van der Waals surface area contributed by atoms with Gasteiger partial charge in [0, 0.05) is 38.6 Å². The van der Waals surface area contributed by atoms with Gasteiger partial charge in [0.15, 0.2) is 0 Å². The van der Waals surface area contributed by atoms with E-state index in [0.717, 1.165) is 42.4 Å². The Morgan fingerprint density at radius 3 is 2.27 bits per heavy atom. The Kier molecular flexibility index (Phi) is 10.7. The van der Waals surface area contributed by atoms with Gasteiger partial charge in [0.05, 0.1) is 18.1 Å². The number of methoxy groups -OCH3 is 1. The molecule has 2 N–H and O–H groups in total. The summed E-state index contributed by atoms with van der Waals surface area (Å²) < 4.78 is 38.8. The van der Waals surface area contributed by atoms with Crippen LogP contribution in [0.5, 0.6) is 5.75 Å². The van der Waals surface area contributed by atoms with E-state index in [1.807, 2.05) is 54.6 Å². The van der Waals surface area contributed by atoms with E-state index < -0.39 is 16.1 Å². The molecule has 2 fully saturated rings. The van der Waals surface area contributed by atoms with Crippen LogP contribution < -0.4 is 14.8 Å². The van der Waals surface area contributed by atoms with Crippen molar-refractivity contribution in [3.63, 3.8) is 0 Å². The zero-order valence-corrected chi connectivity index (χ0v) is 25.9. The monoisotopic (exact) mass is 619 g/mol. The summed E-state index contributed by atoms with van der Waals surface area (Å²) in [5, 5.41) is 3.06. The van der Waals surface area contributed by atoms with Crippen molar-refractivity contribution >= 4 is 21.8 Å². The van der Waals surface area contributed by atoms with E-state index >= 15 is 0 Å². The molecule has 1 saturated carbocycles. The SMILES string of the molecule is COc1ccc(CN(C(=O)CCc2ccc(S(=O)(=O)NC3CC3)cc2)[C@H](Cc2ccccc2)C(=O)NC[C@@H]2CCCO2)cc1. The molecule has 1 aliphatic carbocycles. The van der Waals surface area contributed by atoms with E-state index in [1.165, 1.54) is 0 Å². The fourth-order valence-electron chi connectivity index (χ4n) is 5.34. The molecule has 9 nitrogen and oxygen atoms in total. The van der Waals surface area contributed by atoms with Crippen LogP contribution in [0.2, 0.25) is 0 Å². The van der Waals surface area contributed by atoms with Gasteiger partial charge >= 0.3 is 0 Å². The molecule has 234 valence electrons. The highest BCUT2D eigenvalue weighted by Crippen LogP contribution is 2.23. The maximum atomic E-state index is 14.0. The van der Waals surface area contributed by atoms with E-state index in [-0.39, 0.29) is 41.8 Å². The molecule has 0 bridgehead atoms. The summed E-state index contributed by atoms with van der Waals surface area (Å²) in [6.45, 7) is 1.34. The van der Waals surface area contributed by atoms with Crippen LogP contribution in [0.1, 0.15) is 48.8 Å². The third kappa shape index (κ3) is 8.90. The van der Waals surface area contributed by atoms with Gasteiger partial charge in [-0.15, -0.1) is 0 Å². The third-order valence-corrected chi connectivity index (χ3v) is 9.61. The van der Waals surface area contributed by atoms with Gasteiger partial charge in [0.1, 0.15) is 11.8 Å². The number of carbonyl (C=O) groups excluding carboxylic acids is 2. The summed E-state index contributed by atoms with van der Waals surface area (Å²) in [5.74, 6) is 0.324. The Morgan fingerprint density at radius 1 is 0.932 bits per heavy atom. The van der Waals surface area contributed by atoms with Crippen molar-refractivity contribution in [3.05, 3.63) is 95.6 Å². The first-order valence-electron chi connectivity index (χ1n) is 15.3. The van der Waals surface area contributed by atoms with E-state index in [1.54, 1.807) is 36.3 Å². The largest absolute Gasteiger partial charge is 0.497 e. The van der Waals surface area contributed by atoms with Crippen LogP contribution in [0.3, 0.4) is 0 Å². The molecule has 44 heavy (non-hydrogen) atoms. The molecule has 2 amide bonds. The quantitative estimate of drug-likeness (QED) is 0.266. The van der Waals surface area contributed by atoms with Gasteiger partial charge in [0.25, 0.3) is 0 Å². The maximum absolute atomic E-state index is 14.0. The highest BCUT2D eigenvalue weighted by Gasteiger charge is 2.31. The number of benzene rings is 3. The molecule has 0 spiro atoms. The number of rotatable bonds is 15. The van der Waals surface area contributed by atoms with Crippen LogP contribution in [0.25, 0.3) is 0 Å². The summed E-state index contributed by atoms with van der Waals surface area (Å²) in [6, 6.07) is 23.1. The van der Waals surface area contributed by atoms with Crippen LogP contribution in [-0.4, -0.2) is 63.6 Å². The van der Waals surface area contributed by atoms with Gasteiger partial charge in [-0.05, 0) is 73.1 Å². The summed E-state index contributed by atoms with van der Waals surface area (Å²) in [6.07, 6.45) is 4.51. The van der Waals surface area contributed by atoms with Crippen molar-refractivity contribution in [2.24, 2.45) is 0 Å². The van der Waals surface area contributed by atoms with Crippen LogP contribution >= 0.6 is 0 Å². The zero-order valence-electron chi connectivity index (χ0n) is 25.1. The van der Waals surface area contributed by atoms with Crippen molar-refractivity contribution in [1.82, 2.24) is 14.9 Å². The lowest BCUT2D eigenvalue weighted by Crippen LogP contribution is -2.51. The van der Waals surface area contributed by atoms with Crippen molar-refractivity contribution in [2.45, 2.75) is 74.6 Å². The van der Waals surface area contributed by atoms with Gasteiger partial charge in [0.2, 0.25) is 21.8 Å². The van der Waals surface area contributed by atoms with Crippen LogP contribution in [-0.2, 0) is 43.7 Å². The highest BCUT2D eigenvalue weighted by atomic mass is 32.2. The highest BCUT2D eigenvalue weighted by molar-refractivity contribution is 7.89. The predicted molar refractivity (Wildman–Crippen MR) is 168 cm³/mol. The van der Waals surface area contributed by atoms with Crippen molar-refractivity contribution in [2.75, 3.05) is 20.3 Å². The normalized spacial score (nSPS) is 17.2. The van der Waals surface area contributed by atoms with Gasteiger partial charge in [-0.2, -0.15) is 0 Å². The number of hydrogen-bond acceptors (Lipinski definition) is 6. The molecule has 0 unspecified atom stereocenters. The minimum absolute atomic E-state index is 0.0201. The van der Waals surface area contributed by atoms with Crippen molar-refractivity contribution in [1.29, 1.82) is 0 Å². The molecule has 3 aromatic rings. The number of aryl methyl sites for hydroxylation is 1. The minimum atomic E-state index is -3.55. The first-order chi connectivity index (χ1) is 21.3. The average Bonchev–Trinajstić information content (AvgIpc) is 3.69.